The van der Waals surface area contributed by atoms with Crippen LogP contribution in [0.5, 0.6) is 0 Å². The van der Waals surface area contributed by atoms with Gasteiger partial charge >= 0.3 is 5.97 Å². The predicted molar refractivity (Wildman–Crippen MR) is 83.5 cm³/mol. The number of nitrogens with zero attached hydrogens (tertiary/aromatic N) is 3. The summed E-state index contributed by atoms with van der Waals surface area (Å²) < 4.78 is 5.12. The average Bonchev–Trinajstić information content (AvgIpc) is 2.47. The first-order valence-electron chi connectivity index (χ1n) is 7.37. The van der Waals surface area contributed by atoms with Crippen LogP contribution < -0.4 is 10.6 Å². The fraction of sp³-hybridized carbons (Fsp3) is 0.600. The van der Waals surface area contributed by atoms with E-state index in [1.54, 1.807) is 19.2 Å². The Balaban J connectivity index is 2.28. The Hall–Kier alpha value is -1.82. The van der Waals surface area contributed by atoms with Crippen LogP contribution >= 0.6 is 0 Å². The van der Waals surface area contributed by atoms with Gasteiger partial charge in [0.25, 0.3) is 0 Å². The number of carbonyl (C=O) groups is 1. The molecule has 1 unspecified atom stereocenters. The Morgan fingerprint density at radius 2 is 2.33 bits per heavy atom. The van der Waals surface area contributed by atoms with Crippen molar-refractivity contribution in [3.05, 3.63) is 17.8 Å². The summed E-state index contributed by atoms with van der Waals surface area (Å²) in [7, 11) is 4.16. The topological polar surface area (TPSA) is 71.7 Å². The summed E-state index contributed by atoms with van der Waals surface area (Å²) in [5, 5.41) is 0. The minimum absolute atomic E-state index is 0.341. The number of likely N-dealkylation sites (N-methyl/N-ethyl adjacent to an activating group) is 1. The number of nitrogen functional groups attached to an aromatic ring is 1. The molecular weight excluding hydrogens is 268 g/mol. The molecule has 0 spiro atoms. The second-order valence-corrected chi connectivity index (χ2v) is 5.57. The minimum atomic E-state index is -0.362. The van der Waals surface area contributed by atoms with Crippen molar-refractivity contribution >= 4 is 17.5 Å². The van der Waals surface area contributed by atoms with Gasteiger partial charge in [0, 0.05) is 19.1 Å². The minimum Gasteiger partial charge on any atom is -0.462 e. The zero-order valence-corrected chi connectivity index (χ0v) is 13.0. The highest BCUT2D eigenvalue weighted by molar-refractivity contribution is 5.95. The fourth-order valence-corrected chi connectivity index (χ4v) is 2.65. The summed E-state index contributed by atoms with van der Waals surface area (Å²) in [6.07, 6.45) is 3.84. The normalized spacial score (nSPS) is 18.9. The van der Waals surface area contributed by atoms with E-state index in [1.165, 1.54) is 0 Å². The molecule has 2 N–H and O–H groups in total. The van der Waals surface area contributed by atoms with Crippen molar-refractivity contribution < 1.29 is 9.53 Å². The zero-order chi connectivity index (χ0) is 15.4. The van der Waals surface area contributed by atoms with Crippen LogP contribution in [0.15, 0.2) is 12.3 Å². The Labute approximate surface area is 125 Å². The molecule has 1 aliphatic rings. The van der Waals surface area contributed by atoms with Crippen molar-refractivity contribution in [2.24, 2.45) is 0 Å². The molecule has 0 bridgehead atoms. The first-order chi connectivity index (χ1) is 10.0. The zero-order valence-electron chi connectivity index (χ0n) is 13.0. The molecule has 1 aromatic rings. The van der Waals surface area contributed by atoms with E-state index in [0.717, 1.165) is 25.9 Å². The number of hydrogen-bond donors (Lipinski definition) is 1. The quantitative estimate of drug-likeness (QED) is 0.845. The maximum Gasteiger partial charge on any atom is 0.341 e. The van der Waals surface area contributed by atoms with Gasteiger partial charge in [0.15, 0.2) is 0 Å². The molecule has 1 aromatic heterocycles. The number of carbonyl (C=O) groups excluding carboxylic acids is 1. The van der Waals surface area contributed by atoms with E-state index in [0.29, 0.717) is 29.7 Å². The highest BCUT2D eigenvalue weighted by Crippen LogP contribution is 2.25. The number of aromatic nitrogens is 1. The van der Waals surface area contributed by atoms with Crippen molar-refractivity contribution in [2.75, 3.05) is 44.4 Å². The monoisotopic (exact) mass is 292 g/mol. The van der Waals surface area contributed by atoms with Gasteiger partial charge < -0.3 is 20.3 Å². The first kappa shape index (κ1) is 15.6. The van der Waals surface area contributed by atoms with Gasteiger partial charge in [-0.1, -0.05) is 0 Å². The predicted octanol–water partition coefficient (Wildman–Crippen LogP) is 1.37. The van der Waals surface area contributed by atoms with Crippen LogP contribution in [0.2, 0.25) is 0 Å². The molecule has 2 rings (SSSR count). The average molecular weight is 292 g/mol. The van der Waals surface area contributed by atoms with E-state index in [4.69, 9.17) is 10.5 Å². The number of ether oxygens (including phenoxy) is 1. The second kappa shape index (κ2) is 6.76. The van der Waals surface area contributed by atoms with E-state index in [2.05, 4.69) is 28.9 Å². The number of nitrogens with two attached hydrogens (primary N) is 1. The summed E-state index contributed by atoms with van der Waals surface area (Å²) in [6.45, 7) is 3.89. The number of rotatable bonds is 4. The summed E-state index contributed by atoms with van der Waals surface area (Å²) >= 11 is 0. The van der Waals surface area contributed by atoms with Gasteiger partial charge in [-0.3, -0.25) is 0 Å². The molecular formula is C15H24N4O2. The Bertz CT molecular complexity index is 504. The standard InChI is InChI=1S/C15H24N4O2/c1-4-21-15(20)13-8-11(16)9-17-14(13)19-7-5-6-12(10-19)18(2)3/h8-9,12H,4-7,10,16H2,1-3H3. The Morgan fingerprint density at radius 3 is 3.00 bits per heavy atom. The van der Waals surface area contributed by atoms with Crippen LogP contribution in [0.1, 0.15) is 30.1 Å². The van der Waals surface area contributed by atoms with Crippen LogP contribution in [-0.2, 0) is 4.74 Å². The molecule has 116 valence electrons. The van der Waals surface area contributed by atoms with Crippen molar-refractivity contribution in [3.63, 3.8) is 0 Å². The van der Waals surface area contributed by atoms with Crippen LogP contribution in [0.3, 0.4) is 0 Å². The summed E-state index contributed by atoms with van der Waals surface area (Å²) in [4.78, 5) is 20.9. The molecule has 1 atom stereocenters. The highest BCUT2D eigenvalue weighted by Gasteiger charge is 2.26. The molecule has 1 aliphatic heterocycles. The Kier molecular flexibility index (Phi) is 5.01. The molecule has 0 aliphatic carbocycles. The maximum atomic E-state index is 12.1. The van der Waals surface area contributed by atoms with Gasteiger partial charge in [0.2, 0.25) is 0 Å². The lowest BCUT2D eigenvalue weighted by Crippen LogP contribution is -2.46. The van der Waals surface area contributed by atoms with E-state index < -0.39 is 0 Å². The van der Waals surface area contributed by atoms with Gasteiger partial charge in [0.1, 0.15) is 11.4 Å². The molecule has 6 heteroatoms. The van der Waals surface area contributed by atoms with E-state index in [9.17, 15) is 4.79 Å². The number of esters is 1. The van der Waals surface area contributed by atoms with Gasteiger partial charge in [-0.15, -0.1) is 0 Å². The van der Waals surface area contributed by atoms with E-state index in [-0.39, 0.29) is 5.97 Å². The van der Waals surface area contributed by atoms with Gasteiger partial charge in [-0.05, 0) is 39.9 Å². The summed E-state index contributed by atoms with van der Waals surface area (Å²) in [5.41, 5.74) is 6.70. The van der Waals surface area contributed by atoms with Crippen molar-refractivity contribution in [3.8, 4) is 0 Å². The van der Waals surface area contributed by atoms with Crippen LogP contribution in [0.25, 0.3) is 0 Å². The first-order valence-corrected chi connectivity index (χ1v) is 7.37. The smallest absolute Gasteiger partial charge is 0.341 e. The van der Waals surface area contributed by atoms with Crippen LogP contribution in [0, 0.1) is 0 Å². The third-order valence-corrected chi connectivity index (χ3v) is 3.81. The van der Waals surface area contributed by atoms with Crippen LogP contribution in [0.4, 0.5) is 11.5 Å². The molecule has 1 fully saturated rings. The maximum absolute atomic E-state index is 12.1. The van der Waals surface area contributed by atoms with E-state index in [1.807, 2.05) is 0 Å². The molecule has 0 radical (unpaired) electrons. The van der Waals surface area contributed by atoms with Crippen molar-refractivity contribution in [1.29, 1.82) is 0 Å². The van der Waals surface area contributed by atoms with Crippen molar-refractivity contribution in [2.45, 2.75) is 25.8 Å². The molecule has 0 aromatic carbocycles. The van der Waals surface area contributed by atoms with Crippen molar-refractivity contribution in [1.82, 2.24) is 9.88 Å². The number of anilines is 2. The lowest BCUT2D eigenvalue weighted by atomic mass is 10.0. The number of pyridine rings is 1. The number of piperidine rings is 1. The number of hydrogen-bond acceptors (Lipinski definition) is 6. The molecule has 0 saturated carbocycles. The summed E-state index contributed by atoms with van der Waals surface area (Å²) in [6, 6.07) is 2.12. The largest absolute Gasteiger partial charge is 0.462 e. The summed E-state index contributed by atoms with van der Waals surface area (Å²) in [5.74, 6) is 0.313. The molecule has 21 heavy (non-hydrogen) atoms. The molecule has 2 heterocycles. The van der Waals surface area contributed by atoms with Gasteiger partial charge in [-0.2, -0.15) is 0 Å². The van der Waals surface area contributed by atoms with Gasteiger partial charge in [-0.25, -0.2) is 9.78 Å². The lowest BCUT2D eigenvalue weighted by Gasteiger charge is -2.37. The fourth-order valence-electron chi connectivity index (χ4n) is 2.65. The molecule has 6 nitrogen and oxygen atoms in total. The highest BCUT2D eigenvalue weighted by atomic mass is 16.5. The molecule has 0 amide bonds. The third kappa shape index (κ3) is 3.64. The third-order valence-electron chi connectivity index (χ3n) is 3.81. The van der Waals surface area contributed by atoms with E-state index >= 15 is 0 Å². The SMILES string of the molecule is CCOC(=O)c1cc(N)cnc1N1CCCC(N(C)C)C1. The molecule has 1 saturated heterocycles. The second-order valence-electron chi connectivity index (χ2n) is 5.57. The van der Waals surface area contributed by atoms with Gasteiger partial charge in [0.05, 0.1) is 18.5 Å². The lowest BCUT2D eigenvalue weighted by molar-refractivity contribution is 0.0526. The Morgan fingerprint density at radius 1 is 1.57 bits per heavy atom. The van der Waals surface area contributed by atoms with Crippen LogP contribution in [-0.4, -0.2) is 55.7 Å².